The Morgan fingerprint density at radius 2 is 2.29 bits per heavy atom. The number of hydrogen-bond donors (Lipinski definition) is 1. The normalized spacial score (nSPS) is 9.86. The first kappa shape index (κ1) is 10.2. The zero-order chi connectivity index (χ0) is 10.7. The zero-order valence-corrected chi connectivity index (χ0v) is 7.85. The van der Waals surface area contributed by atoms with Crippen LogP contribution in [0.15, 0.2) is 6.20 Å². The quantitative estimate of drug-likeness (QED) is 0.706. The standard InChI is InChI=1S/C8H10N2O4/c1-3-14-8(13)6-5(7(11)12)4-10(2)9-6/h4H,3H2,1-2H3,(H,11,12). The molecule has 0 aliphatic carbocycles. The van der Waals surface area contributed by atoms with Crippen LogP contribution in [0.5, 0.6) is 0 Å². The molecular weight excluding hydrogens is 188 g/mol. The number of aryl methyl sites for hydroxylation is 1. The van der Waals surface area contributed by atoms with Gasteiger partial charge in [0.05, 0.1) is 6.61 Å². The number of esters is 1. The van der Waals surface area contributed by atoms with E-state index in [1.54, 1.807) is 6.92 Å². The number of nitrogens with zero attached hydrogens (tertiary/aromatic N) is 2. The molecule has 1 aromatic heterocycles. The van der Waals surface area contributed by atoms with Crippen molar-refractivity contribution in [2.45, 2.75) is 6.92 Å². The van der Waals surface area contributed by atoms with Gasteiger partial charge < -0.3 is 9.84 Å². The molecule has 1 rings (SSSR count). The number of carbonyl (C=O) groups is 2. The van der Waals surface area contributed by atoms with Crippen LogP contribution in [-0.2, 0) is 11.8 Å². The summed E-state index contributed by atoms with van der Waals surface area (Å²) in [7, 11) is 1.54. The maximum atomic E-state index is 11.2. The minimum Gasteiger partial charge on any atom is -0.478 e. The third-order valence-corrected chi connectivity index (χ3v) is 1.53. The summed E-state index contributed by atoms with van der Waals surface area (Å²) < 4.78 is 5.91. The lowest BCUT2D eigenvalue weighted by atomic mass is 10.2. The monoisotopic (exact) mass is 198 g/mol. The molecule has 6 heteroatoms. The van der Waals surface area contributed by atoms with Gasteiger partial charge in [0, 0.05) is 13.2 Å². The SMILES string of the molecule is CCOC(=O)c1nn(C)cc1C(=O)O. The second-order valence-electron chi connectivity index (χ2n) is 2.59. The lowest BCUT2D eigenvalue weighted by Gasteiger charge is -1.98. The largest absolute Gasteiger partial charge is 0.478 e. The third kappa shape index (κ3) is 1.90. The number of rotatable bonds is 3. The van der Waals surface area contributed by atoms with Crippen molar-refractivity contribution in [2.24, 2.45) is 7.05 Å². The molecule has 0 amide bonds. The maximum absolute atomic E-state index is 11.2. The van der Waals surface area contributed by atoms with Gasteiger partial charge in [0.2, 0.25) is 0 Å². The van der Waals surface area contributed by atoms with Gasteiger partial charge in [-0.3, -0.25) is 4.68 Å². The average Bonchev–Trinajstić information content (AvgIpc) is 2.48. The van der Waals surface area contributed by atoms with Crippen molar-refractivity contribution in [1.82, 2.24) is 9.78 Å². The van der Waals surface area contributed by atoms with E-state index in [2.05, 4.69) is 9.84 Å². The van der Waals surface area contributed by atoms with Crippen LogP contribution in [0.4, 0.5) is 0 Å². The van der Waals surface area contributed by atoms with Crippen molar-refractivity contribution in [3.63, 3.8) is 0 Å². The van der Waals surface area contributed by atoms with Crippen molar-refractivity contribution in [2.75, 3.05) is 6.61 Å². The molecule has 0 atom stereocenters. The number of carboxylic acids is 1. The third-order valence-electron chi connectivity index (χ3n) is 1.53. The number of hydrogen-bond acceptors (Lipinski definition) is 4. The molecule has 0 unspecified atom stereocenters. The first-order valence-corrected chi connectivity index (χ1v) is 4.00. The van der Waals surface area contributed by atoms with Crippen molar-refractivity contribution in [1.29, 1.82) is 0 Å². The van der Waals surface area contributed by atoms with Gasteiger partial charge in [-0.1, -0.05) is 0 Å². The second-order valence-corrected chi connectivity index (χ2v) is 2.59. The Balaban J connectivity index is 3.06. The Hall–Kier alpha value is -1.85. The molecule has 14 heavy (non-hydrogen) atoms. The van der Waals surface area contributed by atoms with Crippen LogP contribution in [-0.4, -0.2) is 33.4 Å². The predicted molar refractivity (Wildman–Crippen MR) is 46.1 cm³/mol. The number of aromatic carboxylic acids is 1. The van der Waals surface area contributed by atoms with E-state index in [-0.39, 0.29) is 17.9 Å². The van der Waals surface area contributed by atoms with E-state index >= 15 is 0 Å². The Kier molecular flexibility index (Phi) is 2.85. The van der Waals surface area contributed by atoms with Gasteiger partial charge in [0.1, 0.15) is 5.56 Å². The number of ether oxygens (including phenoxy) is 1. The fourth-order valence-corrected chi connectivity index (χ4v) is 0.995. The Morgan fingerprint density at radius 3 is 2.79 bits per heavy atom. The smallest absolute Gasteiger partial charge is 0.359 e. The highest BCUT2D eigenvalue weighted by atomic mass is 16.5. The predicted octanol–water partition coefficient (Wildman–Crippen LogP) is 0.295. The van der Waals surface area contributed by atoms with Gasteiger partial charge in [0.25, 0.3) is 0 Å². The van der Waals surface area contributed by atoms with E-state index in [0.717, 1.165) is 0 Å². The fraction of sp³-hybridized carbons (Fsp3) is 0.375. The Bertz CT molecular complexity index is 369. The molecule has 0 fully saturated rings. The van der Waals surface area contributed by atoms with Crippen LogP contribution in [0, 0.1) is 0 Å². The lowest BCUT2D eigenvalue weighted by Crippen LogP contribution is -2.10. The van der Waals surface area contributed by atoms with E-state index in [1.165, 1.54) is 17.9 Å². The number of aromatic nitrogens is 2. The summed E-state index contributed by atoms with van der Waals surface area (Å²) in [6.07, 6.45) is 1.26. The van der Waals surface area contributed by atoms with Crippen molar-refractivity contribution in [3.8, 4) is 0 Å². The van der Waals surface area contributed by atoms with E-state index < -0.39 is 11.9 Å². The first-order valence-electron chi connectivity index (χ1n) is 4.00. The molecule has 1 N–H and O–H groups in total. The minimum atomic E-state index is -1.19. The Morgan fingerprint density at radius 1 is 1.64 bits per heavy atom. The van der Waals surface area contributed by atoms with Gasteiger partial charge in [0.15, 0.2) is 5.69 Å². The van der Waals surface area contributed by atoms with Crippen LogP contribution < -0.4 is 0 Å². The maximum Gasteiger partial charge on any atom is 0.359 e. The van der Waals surface area contributed by atoms with Crippen LogP contribution in [0.3, 0.4) is 0 Å². The molecule has 0 bridgehead atoms. The van der Waals surface area contributed by atoms with Gasteiger partial charge in [-0.25, -0.2) is 9.59 Å². The zero-order valence-electron chi connectivity index (χ0n) is 7.85. The summed E-state index contributed by atoms with van der Waals surface area (Å²) >= 11 is 0. The molecule has 0 saturated carbocycles. The van der Waals surface area contributed by atoms with Crippen LogP contribution in [0.1, 0.15) is 27.8 Å². The van der Waals surface area contributed by atoms with Crippen LogP contribution in [0.25, 0.3) is 0 Å². The second kappa shape index (κ2) is 3.91. The molecule has 0 aliphatic rings. The van der Waals surface area contributed by atoms with Crippen molar-refractivity contribution >= 4 is 11.9 Å². The van der Waals surface area contributed by atoms with E-state index in [0.29, 0.717) is 0 Å². The van der Waals surface area contributed by atoms with Gasteiger partial charge in [-0.15, -0.1) is 0 Å². The number of carboxylic acid groups (broad SMARTS) is 1. The first-order chi connectivity index (χ1) is 6.56. The topological polar surface area (TPSA) is 81.4 Å². The summed E-state index contributed by atoms with van der Waals surface area (Å²) in [4.78, 5) is 21.9. The highest BCUT2D eigenvalue weighted by Gasteiger charge is 2.21. The molecule has 76 valence electrons. The van der Waals surface area contributed by atoms with Crippen molar-refractivity contribution in [3.05, 3.63) is 17.5 Å². The lowest BCUT2D eigenvalue weighted by molar-refractivity contribution is 0.0507. The highest BCUT2D eigenvalue weighted by molar-refractivity contribution is 6.00. The fourth-order valence-electron chi connectivity index (χ4n) is 0.995. The van der Waals surface area contributed by atoms with Gasteiger partial charge >= 0.3 is 11.9 Å². The molecule has 0 spiro atoms. The number of carbonyl (C=O) groups excluding carboxylic acids is 1. The molecule has 6 nitrogen and oxygen atoms in total. The summed E-state index contributed by atoms with van der Waals surface area (Å²) in [6.45, 7) is 1.83. The summed E-state index contributed by atoms with van der Waals surface area (Å²) in [5.74, 6) is -1.91. The highest BCUT2D eigenvalue weighted by Crippen LogP contribution is 2.07. The Labute approximate surface area is 80.1 Å². The van der Waals surface area contributed by atoms with Crippen molar-refractivity contribution < 1.29 is 19.4 Å². The van der Waals surface area contributed by atoms with Gasteiger partial charge in [-0.2, -0.15) is 5.10 Å². The van der Waals surface area contributed by atoms with E-state index in [1.807, 2.05) is 0 Å². The van der Waals surface area contributed by atoms with E-state index in [9.17, 15) is 9.59 Å². The summed E-state index contributed by atoms with van der Waals surface area (Å²) in [5.41, 5.74) is -0.312. The molecule has 0 radical (unpaired) electrons. The van der Waals surface area contributed by atoms with Gasteiger partial charge in [-0.05, 0) is 6.92 Å². The molecule has 0 aliphatic heterocycles. The van der Waals surface area contributed by atoms with Crippen LogP contribution in [0.2, 0.25) is 0 Å². The van der Waals surface area contributed by atoms with E-state index in [4.69, 9.17) is 5.11 Å². The minimum absolute atomic E-state index is 0.147. The molecule has 0 aromatic carbocycles. The molecule has 1 aromatic rings. The summed E-state index contributed by atoms with van der Waals surface area (Å²) in [5, 5.41) is 12.4. The average molecular weight is 198 g/mol. The molecular formula is C8H10N2O4. The van der Waals surface area contributed by atoms with Crippen LogP contribution >= 0.6 is 0 Å². The molecule has 1 heterocycles. The summed E-state index contributed by atoms with van der Waals surface area (Å²) in [6, 6.07) is 0. The molecule has 0 saturated heterocycles.